The molecule has 0 saturated carbocycles. The molecule has 10 nitrogen and oxygen atoms in total. The number of nitrogens with two attached hydrogens (primary N) is 2. The number of amides is 2. The van der Waals surface area contributed by atoms with Crippen LogP contribution in [0.3, 0.4) is 0 Å². The van der Waals surface area contributed by atoms with Crippen molar-refractivity contribution < 1.29 is 9.59 Å². The molecule has 11 heteroatoms. The Morgan fingerprint density at radius 3 is 2.52 bits per heavy atom. The van der Waals surface area contributed by atoms with Crippen molar-refractivity contribution in [2.45, 2.75) is 19.3 Å². The van der Waals surface area contributed by atoms with Crippen molar-refractivity contribution in [2.75, 3.05) is 11.9 Å². The third-order valence-electron chi connectivity index (χ3n) is 4.83. The average Bonchev–Trinajstić information content (AvgIpc) is 3.15. The van der Waals surface area contributed by atoms with Gasteiger partial charge in [0.25, 0.3) is 5.91 Å². The number of carbonyl (C=O) groups excluding carboxylic acids is 2. The summed E-state index contributed by atoms with van der Waals surface area (Å²) < 4.78 is 1.73. The number of aromatic nitrogens is 2. The Balaban J connectivity index is 1.69. The van der Waals surface area contributed by atoms with Crippen LogP contribution in [0.15, 0.2) is 53.9 Å². The molecule has 0 aliphatic heterocycles. The molecule has 1 aromatic carbocycles. The summed E-state index contributed by atoms with van der Waals surface area (Å²) in [6.45, 7) is 3.61. The van der Waals surface area contributed by atoms with Gasteiger partial charge in [-0.05, 0) is 43.7 Å². The third-order valence-corrected chi connectivity index (χ3v) is 5.06. The number of hydrazine groups is 1. The molecule has 162 valence electrons. The third kappa shape index (κ3) is 4.93. The summed E-state index contributed by atoms with van der Waals surface area (Å²) in [7, 11) is 0. The molecule has 0 fully saturated rings. The van der Waals surface area contributed by atoms with Gasteiger partial charge in [-0.1, -0.05) is 23.7 Å². The summed E-state index contributed by atoms with van der Waals surface area (Å²) in [6, 6.07) is 10.3. The first-order chi connectivity index (χ1) is 14.7. The van der Waals surface area contributed by atoms with Crippen LogP contribution in [-0.4, -0.2) is 33.6 Å². The van der Waals surface area contributed by atoms with Crippen LogP contribution in [0, 0.1) is 0 Å². The smallest absolute Gasteiger partial charge is 0.256 e. The maximum atomic E-state index is 12.6. The fraction of sp³-hybridized carbons (Fsp3) is 0.200. The summed E-state index contributed by atoms with van der Waals surface area (Å²) in [5, 5.41) is 9.47. The molecule has 7 N–H and O–H groups in total. The van der Waals surface area contributed by atoms with Crippen molar-refractivity contribution in [1.82, 2.24) is 20.1 Å². The number of imidazole rings is 1. The van der Waals surface area contributed by atoms with Crippen LogP contribution in [0.1, 0.15) is 29.8 Å². The van der Waals surface area contributed by atoms with Crippen molar-refractivity contribution in [3.8, 4) is 0 Å². The quantitative estimate of drug-likeness (QED) is 0.168. The molecule has 0 atom stereocenters. The minimum absolute atomic E-state index is 0.0694. The van der Waals surface area contributed by atoms with Crippen LogP contribution >= 0.6 is 11.6 Å². The van der Waals surface area contributed by atoms with E-state index < -0.39 is 5.41 Å². The molecule has 0 aliphatic carbocycles. The molecule has 0 radical (unpaired) electrons. The highest BCUT2D eigenvalue weighted by Gasteiger charge is 2.30. The van der Waals surface area contributed by atoms with E-state index in [1.165, 1.54) is 0 Å². The lowest BCUT2D eigenvalue weighted by Gasteiger charge is -2.24. The Labute approximate surface area is 183 Å². The zero-order valence-electron chi connectivity index (χ0n) is 17.0. The van der Waals surface area contributed by atoms with E-state index >= 15 is 0 Å². The van der Waals surface area contributed by atoms with Crippen LogP contribution < -0.4 is 27.7 Å². The number of carbonyl (C=O) groups is 2. The first-order valence-corrected chi connectivity index (χ1v) is 9.70. The van der Waals surface area contributed by atoms with Crippen molar-refractivity contribution in [3.05, 3.63) is 64.9 Å². The highest BCUT2D eigenvalue weighted by atomic mass is 35.5. The zero-order valence-corrected chi connectivity index (χ0v) is 17.8. The lowest BCUT2D eigenvalue weighted by Crippen LogP contribution is -2.46. The second-order valence-corrected chi connectivity index (χ2v) is 7.73. The van der Waals surface area contributed by atoms with E-state index in [1.807, 2.05) is 0 Å². The van der Waals surface area contributed by atoms with Crippen molar-refractivity contribution in [3.63, 3.8) is 0 Å². The van der Waals surface area contributed by atoms with E-state index in [-0.39, 0.29) is 24.2 Å². The number of hydrazone groups is 1. The molecule has 2 amide bonds. The molecule has 2 aromatic heterocycles. The Morgan fingerprint density at radius 1 is 1.16 bits per heavy atom. The molecule has 0 bridgehead atoms. The van der Waals surface area contributed by atoms with Gasteiger partial charge in [0, 0.05) is 11.8 Å². The fourth-order valence-electron chi connectivity index (χ4n) is 2.90. The number of pyridine rings is 1. The molecule has 0 aliphatic rings. The molecular formula is C20H23ClN8O2. The van der Waals surface area contributed by atoms with Crippen LogP contribution in [0.25, 0.3) is 5.65 Å². The van der Waals surface area contributed by atoms with E-state index in [0.717, 1.165) is 5.56 Å². The van der Waals surface area contributed by atoms with Gasteiger partial charge in [0.05, 0.1) is 23.2 Å². The van der Waals surface area contributed by atoms with Gasteiger partial charge in [0.2, 0.25) is 5.91 Å². The first kappa shape index (κ1) is 22.1. The van der Waals surface area contributed by atoms with Gasteiger partial charge >= 0.3 is 0 Å². The molecule has 3 rings (SSSR count). The number of nitrogens with zero attached hydrogens (tertiary/aromatic N) is 3. The fourth-order valence-corrected chi connectivity index (χ4v) is 3.07. The molecule has 0 spiro atoms. The maximum absolute atomic E-state index is 12.6. The Morgan fingerprint density at radius 2 is 1.87 bits per heavy atom. The zero-order chi connectivity index (χ0) is 22.6. The molecular weight excluding hydrogens is 420 g/mol. The SMILES string of the molecule is CC(C)(C(=O)NC/C(=N/N)NN)c1ccc(C(=O)Nc2cn3cc(Cl)ccc3n2)cc1. The summed E-state index contributed by atoms with van der Waals surface area (Å²) >= 11 is 5.97. The highest BCUT2D eigenvalue weighted by Crippen LogP contribution is 2.24. The van der Waals surface area contributed by atoms with Crippen LogP contribution in [0.4, 0.5) is 5.82 Å². The van der Waals surface area contributed by atoms with Crippen LogP contribution in [0.2, 0.25) is 5.02 Å². The van der Waals surface area contributed by atoms with E-state index in [4.69, 9.17) is 23.3 Å². The molecule has 0 unspecified atom stereocenters. The van der Waals surface area contributed by atoms with Gasteiger partial charge in [-0.15, -0.1) is 0 Å². The number of anilines is 1. The highest BCUT2D eigenvalue weighted by molar-refractivity contribution is 6.30. The van der Waals surface area contributed by atoms with Crippen molar-refractivity contribution in [1.29, 1.82) is 0 Å². The van der Waals surface area contributed by atoms with Gasteiger partial charge in [0.15, 0.2) is 11.7 Å². The molecule has 31 heavy (non-hydrogen) atoms. The van der Waals surface area contributed by atoms with E-state index in [9.17, 15) is 9.59 Å². The number of nitrogens with one attached hydrogen (secondary N) is 3. The van der Waals surface area contributed by atoms with Gasteiger partial charge in [-0.3, -0.25) is 9.59 Å². The number of rotatable bonds is 6. The van der Waals surface area contributed by atoms with E-state index in [0.29, 0.717) is 22.1 Å². The summed E-state index contributed by atoms with van der Waals surface area (Å²) in [5.74, 6) is 10.5. The average molecular weight is 443 g/mol. The van der Waals surface area contributed by atoms with Crippen LogP contribution in [0.5, 0.6) is 0 Å². The number of halogens is 1. The lowest BCUT2D eigenvalue weighted by atomic mass is 9.83. The first-order valence-electron chi connectivity index (χ1n) is 9.32. The molecule has 2 heterocycles. The van der Waals surface area contributed by atoms with Crippen molar-refractivity contribution >= 4 is 40.7 Å². The molecule has 0 saturated heterocycles. The maximum Gasteiger partial charge on any atom is 0.256 e. The summed E-state index contributed by atoms with van der Waals surface area (Å²) in [5.41, 5.74) is 3.27. The monoisotopic (exact) mass is 442 g/mol. The topological polar surface area (TPSA) is 152 Å². The Bertz CT molecular complexity index is 1140. The number of amidine groups is 1. The Hall–Kier alpha value is -3.63. The minimum Gasteiger partial charge on any atom is -0.348 e. The number of hydrogen-bond acceptors (Lipinski definition) is 6. The second-order valence-electron chi connectivity index (χ2n) is 7.30. The van der Waals surface area contributed by atoms with Crippen LogP contribution in [-0.2, 0) is 10.2 Å². The normalized spacial score (nSPS) is 11.9. The summed E-state index contributed by atoms with van der Waals surface area (Å²) in [6.07, 6.45) is 3.38. The largest absolute Gasteiger partial charge is 0.348 e. The van der Waals surface area contributed by atoms with Gasteiger partial charge in [0.1, 0.15) is 5.65 Å². The predicted octanol–water partition coefficient (Wildman–Crippen LogP) is 1.37. The summed E-state index contributed by atoms with van der Waals surface area (Å²) in [4.78, 5) is 29.5. The predicted molar refractivity (Wildman–Crippen MR) is 120 cm³/mol. The van der Waals surface area contributed by atoms with Gasteiger partial charge in [-0.2, -0.15) is 5.10 Å². The number of benzene rings is 1. The molecule has 3 aromatic rings. The van der Waals surface area contributed by atoms with Gasteiger partial charge < -0.3 is 26.3 Å². The minimum atomic E-state index is -0.857. The lowest BCUT2D eigenvalue weighted by molar-refractivity contribution is -0.125. The second kappa shape index (κ2) is 9.02. The van der Waals surface area contributed by atoms with E-state index in [2.05, 4.69) is 26.1 Å². The van der Waals surface area contributed by atoms with E-state index in [1.54, 1.807) is 67.0 Å². The number of hydrogen-bond donors (Lipinski definition) is 5. The Kier molecular flexibility index (Phi) is 6.42. The van der Waals surface area contributed by atoms with Crippen molar-refractivity contribution in [2.24, 2.45) is 16.8 Å². The number of fused-ring (bicyclic) bond motifs is 1. The standard InChI is InChI=1S/C20H23ClN8O2/c1-20(2,19(31)24-9-15(27-22)28-23)13-5-3-12(4-6-13)18(30)26-16-11-29-10-14(21)7-8-17(29)25-16/h3-8,10-11H,9,22-23H2,1-2H3,(H,24,31)(H,26,30)(H,27,28). The van der Waals surface area contributed by atoms with Gasteiger partial charge in [-0.25, -0.2) is 10.8 Å².